The number of rotatable bonds is 1. The van der Waals surface area contributed by atoms with Gasteiger partial charge in [0, 0.05) is 10.9 Å². The molecule has 0 amide bonds. The van der Waals surface area contributed by atoms with Crippen molar-refractivity contribution < 1.29 is 4.39 Å². The summed E-state index contributed by atoms with van der Waals surface area (Å²) in [4.78, 5) is 1.05. The van der Waals surface area contributed by atoms with Crippen molar-refractivity contribution in [3.63, 3.8) is 0 Å². The standard InChI is InChI=1S/C10H6FS/c11-9-5-3-8(4-6-9)10-2-1-7-12-10/h1,3-7H. The van der Waals surface area contributed by atoms with E-state index in [2.05, 4.69) is 6.07 Å². The largest absolute Gasteiger partial charge is 0.207 e. The minimum atomic E-state index is -0.199. The summed E-state index contributed by atoms with van der Waals surface area (Å²) in [6.45, 7) is 0. The van der Waals surface area contributed by atoms with Gasteiger partial charge in [-0.2, -0.15) is 0 Å². The van der Waals surface area contributed by atoms with E-state index in [0.717, 1.165) is 10.4 Å². The number of thiophene rings is 1. The Kier molecular flexibility index (Phi) is 1.92. The Bertz CT molecular complexity index is 348. The summed E-state index contributed by atoms with van der Waals surface area (Å²) >= 11 is 1.60. The average molecular weight is 177 g/mol. The summed E-state index contributed by atoms with van der Waals surface area (Å²) in [6, 6.07) is 11.4. The lowest BCUT2D eigenvalue weighted by Gasteiger charge is -1.94. The Morgan fingerprint density at radius 1 is 1.17 bits per heavy atom. The molecule has 0 nitrogen and oxygen atoms in total. The summed E-state index contributed by atoms with van der Waals surface area (Å²) in [5.41, 5.74) is 1.02. The van der Waals surface area contributed by atoms with Crippen molar-refractivity contribution in [1.82, 2.24) is 0 Å². The molecule has 1 radical (unpaired) electrons. The van der Waals surface area contributed by atoms with E-state index in [-0.39, 0.29) is 5.82 Å². The normalized spacial score (nSPS) is 10.1. The highest BCUT2D eigenvalue weighted by Crippen LogP contribution is 2.23. The van der Waals surface area contributed by atoms with Crippen LogP contribution < -0.4 is 0 Å². The zero-order chi connectivity index (χ0) is 8.39. The van der Waals surface area contributed by atoms with E-state index in [0.29, 0.717) is 0 Å². The molecule has 0 unspecified atom stereocenters. The SMILES string of the molecule is Fc1ccc(-c2[c]ccs2)cc1. The van der Waals surface area contributed by atoms with Crippen molar-refractivity contribution in [3.05, 3.63) is 47.6 Å². The topological polar surface area (TPSA) is 0 Å². The second-order valence-electron chi connectivity index (χ2n) is 2.40. The van der Waals surface area contributed by atoms with Crippen molar-refractivity contribution in [3.8, 4) is 10.4 Å². The van der Waals surface area contributed by atoms with Crippen LogP contribution in [0.2, 0.25) is 0 Å². The molecule has 2 rings (SSSR count). The Labute approximate surface area is 74.3 Å². The summed E-state index contributed by atoms with van der Waals surface area (Å²) in [7, 11) is 0. The quantitative estimate of drug-likeness (QED) is 0.626. The van der Waals surface area contributed by atoms with Crippen LogP contribution in [-0.4, -0.2) is 0 Å². The van der Waals surface area contributed by atoms with Crippen LogP contribution in [0.15, 0.2) is 35.7 Å². The van der Waals surface area contributed by atoms with Crippen LogP contribution in [0, 0.1) is 11.9 Å². The van der Waals surface area contributed by atoms with Gasteiger partial charge in [-0.3, -0.25) is 0 Å². The number of benzene rings is 1. The highest BCUT2D eigenvalue weighted by Gasteiger charge is 1.97. The Morgan fingerprint density at radius 2 is 1.92 bits per heavy atom. The predicted octanol–water partition coefficient (Wildman–Crippen LogP) is 3.35. The lowest BCUT2D eigenvalue weighted by molar-refractivity contribution is 0.628. The van der Waals surface area contributed by atoms with E-state index in [1.54, 1.807) is 23.5 Å². The van der Waals surface area contributed by atoms with Gasteiger partial charge < -0.3 is 0 Å². The van der Waals surface area contributed by atoms with Gasteiger partial charge >= 0.3 is 0 Å². The van der Waals surface area contributed by atoms with Crippen LogP contribution >= 0.6 is 11.3 Å². The first-order chi connectivity index (χ1) is 5.86. The average Bonchev–Trinajstić information content (AvgIpc) is 2.58. The van der Waals surface area contributed by atoms with Crippen molar-refractivity contribution in [1.29, 1.82) is 0 Å². The second kappa shape index (κ2) is 3.07. The van der Waals surface area contributed by atoms with Gasteiger partial charge in [0.25, 0.3) is 0 Å². The molecule has 0 bridgehead atoms. The summed E-state index contributed by atoms with van der Waals surface area (Å²) in [6.07, 6.45) is 0. The van der Waals surface area contributed by atoms with Crippen molar-refractivity contribution in [2.24, 2.45) is 0 Å². The molecule has 0 atom stereocenters. The Morgan fingerprint density at radius 3 is 2.50 bits per heavy atom. The number of halogens is 1. The van der Waals surface area contributed by atoms with Crippen LogP contribution in [0.25, 0.3) is 10.4 Å². The van der Waals surface area contributed by atoms with E-state index >= 15 is 0 Å². The third-order valence-electron chi connectivity index (χ3n) is 1.57. The van der Waals surface area contributed by atoms with Crippen LogP contribution in [0.5, 0.6) is 0 Å². The van der Waals surface area contributed by atoms with Gasteiger partial charge in [0.15, 0.2) is 0 Å². The maximum Gasteiger partial charge on any atom is 0.123 e. The molecule has 0 aliphatic carbocycles. The Balaban J connectivity index is 2.43. The van der Waals surface area contributed by atoms with E-state index in [4.69, 9.17) is 0 Å². The highest BCUT2D eigenvalue weighted by atomic mass is 32.1. The molecule has 0 aliphatic heterocycles. The third-order valence-corrected chi connectivity index (χ3v) is 2.44. The fraction of sp³-hybridized carbons (Fsp3) is 0. The van der Waals surface area contributed by atoms with Crippen LogP contribution in [0.3, 0.4) is 0 Å². The first-order valence-electron chi connectivity index (χ1n) is 3.57. The molecule has 2 aromatic rings. The van der Waals surface area contributed by atoms with Crippen molar-refractivity contribution in [2.45, 2.75) is 0 Å². The minimum absolute atomic E-state index is 0.199. The molecule has 0 fully saturated rings. The zero-order valence-corrected chi connectivity index (χ0v) is 7.07. The predicted molar refractivity (Wildman–Crippen MR) is 48.5 cm³/mol. The van der Waals surface area contributed by atoms with E-state index in [9.17, 15) is 4.39 Å². The summed E-state index contributed by atoms with van der Waals surface area (Å²) in [5.74, 6) is -0.199. The lowest BCUT2D eigenvalue weighted by Crippen LogP contribution is -1.73. The molecule has 1 aromatic carbocycles. The van der Waals surface area contributed by atoms with Gasteiger partial charge in [0.2, 0.25) is 0 Å². The first-order valence-corrected chi connectivity index (χ1v) is 4.45. The van der Waals surface area contributed by atoms with E-state index in [1.807, 2.05) is 11.4 Å². The fourth-order valence-electron chi connectivity index (χ4n) is 0.998. The first kappa shape index (κ1) is 7.50. The van der Waals surface area contributed by atoms with E-state index < -0.39 is 0 Å². The Hall–Kier alpha value is -1.15. The van der Waals surface area contributed by atoms with Crippen molar-refractivity contribution >= 4 is 11.3 Å². The smallest absolute Gasteiger partial charge is 0.123 e. The van der Waals surface area contributed by atoms with Crippen LogP contribution in [0.4, 0.5) is 4.39 Å². The fourth-order valence-corrected chi connectivity index (χ4v) is 1.68. The molecule has 0 aliphatic rings. The summed E-state index contributed by atoms with van der Waals surface area (Å²) in [5, 5.41) is 1.96. The molecular formula is C10H6FS. The monoisotopic (exact) mass is 177 g/mol. The van der Waals surface area contributed by atoms with Gasteiger partial charge in [0.1, 0.15) is 5.82 Å². The lowest BCUT2D eigenvalue weighted by atomic mass is 10.2. The highest BCUT2D eigenvalue weighted by molar-refractivity contribution is 7.13. The molecule has 59 valence electrons. The number of hydrogen-bond acceptors (Lipinski definition) is 1. The van der Waals surface area contributed by atoms with Gasteiger partial charge in [-0.15, -0.1) is 11.3 Å². The molecule has 1 aromatic heterocycles. The van der Waals surface area contributed by atoms with Gasteiger partial charge in [-0.1, -0.05) is 12.1 Å². The zero-order valence-electron chi connectivity index (χ0n) is 6.25. The van der Waals surface area contributed by atoms with Crippen LogP contribution in [-0.2, 0) is 0 Å². The molecule has 12 heavy (non-hydrogen) atoms. The maximum absolute atomic E-state index is 12.5. The molecular weight excluding hydrogens is 171 g/mol. The van der Waals surface area contributed by atoms with Crippen LogP contribution in [0.1, 0.15) is 0 Å². The minimum Gasteiger partial charge on any atom is -0.207 e. The molecule has 2 heteroatoms. The third kappa shape index (κ3) is 1.38. The molecule has 0 saturated heterocycles. The molecule has 0 saturated carbocycles. The maximum atomic E-state index is 12.5. The van der Waals surface area contributed by atoms with E-state index in [1.165, 1.54) is 12.1 Å². The van der Waals surface area contributed by atoms with Gasteiger partial charge in [-0.05, 0) is 29.1 Å². The summed E-state index contributed by atoms with van der Waals surface area (Å²) < 4.78 is 12.5. The van der Waals surface area contributed by atoms with Gasteiger partial charge in [0.05, 0.1) is 0 Å². The van der Waals surface area contributed by atoms with Gasteiger partial charge in [-0.25, -0.2) is 4.39 Å². The van der Waals surface area contributed by atoms with Crippen molar-refractivity contribution in [2.75, 3.05) is 0 Å². The number of hydrogen-bond donors (Lipinski definition) is 0. The second-order valence-corrected chi connectivity index (χ2v) is 3.32. The molecule has 0 spiro atoms. The molecule has 0 N–H and O–H groups in total. The molecule has 1 heterocycles.